The Morgan fingerprint density at radius 1 is 1.17 bits per heavy atom. The third-order valence-corrected chi connectivity index (χ3v) is 2.57. The Kier molecular flexibility index (Phi) is 3.16. The molecule has 2 aromatic rings. The van der Waals surface area contributed by atoms with E-state index in [0.717, 1.165) is 5.56 Å². The summed E-state index contributed by atoms with van der Waals surface area (Å²) in [6.07, 6.45) is 0. The zero-order valence-electron chi connectivity index (χ0n) is 9.87. The van der Waals surface area contributed by atoms with Gasteiger partial charge in [-0.15, -0.1) is 0 Å². The largest absolute Gasteiger partial charge is 0.397 e. The third-order valence-electron chi connectivity index (χ3n) is 2.57. The van der Waals surface area contributed by atoms with Gasteiger partial charge in [-0.2, -0.15) is 5.26 Å². The van der Waals surface area contributed by atoms with Gasteiger partial charge in [-0.05, 0) is 42.8 Å². The molecule has 0 aliphatic heterocycles. The molecule has 0 atom stereocenters. The number of hydrogen-bond donors (Lipinski definition) is 2. The van der Waals surface area contributed by atoms with Crippen molar-refractivity contribution in [3.63, 3.8) is 0 Å². The summed E-state index contributed by atoms with van der Waals surface area (Å²) >= 11 is 0. The molecular formula is C14H12FN3. The molecule has 18 heavy (non-hydrogen) atoms. The van der Waals surface area contributed by atoms with Crippen LogP contribution in [0, 0.1) is 24.1 Å². The molecule has 0 saturated carbocycles. The number of nitrogens with zero attached hydrogens (tertiary/aromatic N) is 1. The highest BCUT2D eigenvalue weighted by atomic mass is 19.1. The summed E-state index contributed by atoms with van der Waals surface area (Å²) in [4.78, 5) is 0. The van der Waals surface area contributed by atoms with Crippen molar-refractivity contribution in [3.8, 4) is 6.07 Å². The van der Waals surface area contributed by atoms with Crippen molar-refractivity contribution in [2.45, 2.75) is 6.92 Å². The highest BCUT2D eigenvalue weighted by molar-refractivity contribution is 5.74. The van der Waals surface area contributed by atoms with Crippen LogP contribution in [-0.2, 0) is 0 Å². The molecule has 0 bridgehead atoms. The third kappa shape index (κ3) is 2.41. The lowest BCUT2D eigenvalue weighted by atomic mass is 10.1. The number of nitrogens with two attached hydrogens (primary N) is 1. The number of nitrogens with one attached hydrogen (secondary N) is 1. The van der Waals surface area contributed by atoms with Crippen LogP contribution in [-0.4, -0.2) is 0 Å². The molecule has 0 unspecified atom stereocenters. The molecule has 0 saturated heterocycles. The van der Waals surface area contributed by atoms with Crippen molar-refractivity contribution >= 4 is 17.1 Å². The first-order valence-electron chi connectivity index (χ1n) is 5.43. The van der Waals surface area contributed by atoms with Crippen LogP contribution >= 0.6 is 0 Å². The first-order chi connectivity index (χ1) is 8.60. The first kappa shape index (κ1) is 11.9. The van der Waals surface area contributed by atoms with Crippen molar-refractivity contribution in [3.05, 3.63) is 53.3 Å². The maximum Gasteiger partial charge on any atom is 0.146 e. The molecule has 2 aromatic carbocycles. The van der Waals surface area contributed by atoms with Crippen molar-refractivity contribution in [2.75, 3.05) is 11.1 Å². The number of nitrogen functional groups attached to an aromatic ring is 1. The Morgan fingerprint density at radius 2 is 1.89 bits per heavy atom. The van der Waals surface area contributed by atoms with Gasteiger partial charge in [-0.1, -0.05) is 6.07 Å². The van der Waals surface area contributed by atoms with Gasteiger partial charge < -0.3 is 11.1 Å². The number of rotatable bonds is 2. The quantitative estimate of drug-likeness (QED) is 0.793. The molecule has 0 radical (unpaired) electrons. The lowest BCUT2D eigenvalue weighted by molar-refractivity contribution is 0.631. The summed E-state index contributed by atoms with van der Waals surface area (Å²) in [5.41, 5.74) is 8.47. The maximum absolute atomic E-state index is 13.7. The predicted octanol–water partition coefficient (Wildman–Crippen LogP) is 3.33. The molecule has 0 spiro atoms. The van der Waals surface area contributed by atoms with Crippen LogP contribution in [0.2, 0.25) is 0 Å². The van der Waals surface area contributed by atoms with E-state index < -0.39 is 0 Å². The molecule has 3 nitrogen and oxygen atoms in total. The minimum Gasteiger partial charge on any atom is -0.397 e. The molecule has 0 aliphatic rings. The molecular weight excluding hydrogens is 229 g/mol. The van der Waals surface area contributed by atoms with Gasteiger partial charge in [0.15, 0.2) is 0 Å². The number of benzene rings is 2. The van der Waals surface area contributed by atoms with Crippen molar-refractivity contribution < 1.29 is 4.39 Å². The van der Waals surface area contributed by atoms with Crippen LogP contribution in [0.3, 0.4) is 0 Å². The standard InChI is InChI=1S/C14H12FN3/c1-9-2-4-13(11(15)6-9)18-14-5-3-10(8-16)7-12(14)17/h2-7,18H,17H2,1H3. The summed E-state index contributed by atoms with van der Waals surface area (Å²) in [6, 6.07) is 11.7. The van der Waals surface area contributed by atoms with Crippen molar-refractivity contribution in [1.82, 2.24) is 0 Å². The van der Waals surface area contributed by atoms with E-state index in [0.29, 0.717) is 22.6 Å². The number of hydrogen-bond acceptors (Lipinski definition) is 3. The van der Waals surface area contributed by atoms with E-state index in [1.807, 2.05) is 19.1 Å². The van der Waals surface area contributed by atoms with Crippen molar-refractivity contribution in [2.24, 2.45) is 0 Å². The summed E-state index contributed by atoms with van der Waals surface area (Å²) in [7, 11) is 0. The second-order valence-corrected chi connectivity index (χ2v) is 4.02. The molecule has 0 amide bonds. The van der Waals surface area contributed by atoms with Crippen LogP contribution < -0.4 is 11.1 Å². The molecule has 0 heterocycles. The monoisotopic (exact) mass is 241 g/mol. The van der Waals surface area contributed by atoms with Crippen molar-refractivity contribution in [1.29, 1.82) is 5.26 Å². The van der Waals surface area contributed by atoms with Crippen LogP contribution in [0.4, 0.5) is 21.5 Å². The van der Waals surface area contributed by atoms with Crippen LogP contribution in [0.15, 0.2) is 36.4 Å². The Bertz CT molecular complexity index is 629. The second kappa shape index (κ2) is 4.76. The molecule has 3 N–H and O–H groups in total. The first-order valence-corrected chi connectivity index (χ1v) is 5.43. The van der Waals surface area contributed by atoms with Gasteiger partial charge >= 0.3 is 0 Å². The number of nitriles is 1. The summed E-state index contributed by atoms with van der Waals surface area (Å²) < 4.78 is 13.7. The zero-order valence-corrected chi connectivity index (χ0v) is 9.87. The van der Waals surface area contributed by atoms with E-state index in [1.54, 1.807) is 24.3 Å². The lowest BCUT2D eigenvalue weighted by Gasteiger charge is -2.10. The summed E-state index contributed by atoms with van der Waals surface area (Å²) in [6.45, 7) is 1.82. The van der Waals surface area contributed by atoms with E-state index in [-0.39, 0.29) is 5.82 Å². The van der Waals surface area contributed by atoms with E-state index in [4.69, 9.17) is 11.0 Å². The molecule has 0 aromatic heterocycles. The Hall–Kier alpha value is -2.54. The summed E-state index contributed by atoms with van der Waals surface area (Å²) in [5, 5.41) is 11.6. The average Bonchev–Trinajstić information content (AvgIpc) is 2.34. The second-order valence-electron chi connectivity index (χ2n) is 4.02. The van der Waals surface area contributed by atoms with Gasteiger partial charge in [-0.25, -0.2) is 4.39 Å². The number of aryl methyl sites for hydroxylation is 1. The summed E-state index contributed by atoms with van der Waals surface area (Å²) in [5.74, 6) is -0.334. The van der Waals surface area contributed by atoms with Gasteiger partial charge in [0, 0.05) is 0 Å². The minimum atomic E-state index is -0.334. The van der Waals surface area contributed by atoms with Gasteiger partial charge in [0.1, 0.15) is 5.82 Å². The molecule has 0 fully saturated rings. The minimum absolute atomic E-state index is 0.334. The fourth-order valence-electron chi connectivity index (χ4n) is 1.61. The van der Waals surface area contributed by atoms with E-state index >= 15 is 0 Å². The molecule has 0 aliphatic carbocycles. The van der Waals surface area contributed by atoms with Crippen LogP contribution in [0.1, 0.15) is 11.1 Å². The Morgan fingerprint density at radius 3 is 2.50 bits per heavy atom. The zero-order chi connectivity index (χ0) is 13.1. The highest BCUT2D eigenvalue weighted by Gasteiger charge is 2.05. The Labute approximate surface area is 105 Å². The lowest BCUT2D eigenvalue weighted by Crippen LogP contribution is -1.98. The van der Waals surface area contributed by atoms with Gasteiger partial charge in [0.2, 0.25) is 0 Å². The van der Waals surface area contributed by atoms with Gasteiger partial charge in [-0.3, -0.25) is 0 Å². The molecule has 90 valence electrons. The maximum atomic E-state index is 13.7. The van der Waals surface area contributed by atoms with Crippen LogP contribution in [0.5, 0.6) is 0 Å². The van der Waals surface area contributed by atoms with Gasteiger partial charge in [0.05, 0.1) is 28.7 Å². The fraction of sp³-hybridized carbons (Fsp3) is 0.0714. The van der Waals surface area contributed by atoms with Crippen LogP contribution in [0.25, 0.3) is 0 Å². The normalized spacial score (nSPS) is 9.83. The number of anilines is 3. The average molecular weight is 241 g/mol. The molecule has 4 heteroatoms. The highest BCUT2D eigenvalue weighted by Crippen LogP contribution is 2.26. The SMILES string of the molecule is Cc1ccc(Nc2ccc(C#N)cc2N)c(F)c1. The van der Waals surface area contributed by atoms with E-state index in [2.05, 4.69) is 5.32 Å². The number of halogens is 1. The fourth-order valence-corrected chi connectivity index (χ4v) is 1.61. The Balaban J connectivity index is 2.32. The van der Waals surface area contributed by atoms with Gasteiger partial charge in [0.25, 0.3) is 0 Å². The van der Waals surface area contributed by atoms with E-state index in [9.17, 15) is 4.39 Å². The van der Waals surface area contributed by atoms with E-state index in [1.165, 1.54) is 6.07 Å². The smallest absolute Gasteiger partial charge is 0.146 e. The predicted molar refractivity (Wildman–Crippen MR) is 70.0 cm³/mol. The molecule has 2 rings (SSSR count). The topological polar surface area (TPSA) is 61.8 Å².